The monoisotopic (exact) mass is 383 g/mol. The lowest BCUT2D eigenvalue weighted by molar-refractivity contribution is -0.190. The summed E-state index contributed by atoms with van der Waals surface area (Å²) in [6.07, 6.45) is 2.88. The van der Waals surface area contributed by atoms with Gasteiger partial charge in [-0.15, -0.1) is 0 Å². The molecule has 3 rings (SSSR count). The van der Waals surface area contributed by atoms with Gasteiger partial charge in [0.1, 0.15) is 11.4 Å². The summed E-state index contributed by atoms with van der Waals surface area (Å²) in [4.78, 5) is 14.9. The van der Waals surface area contributed by atoms with Gasteiger partial charge in [0, 0.05) is 6.54 Å². The van der Waals surface area contributed by atoms with Crippen LogP contribution in [0, 0.1) is 0 Å². The standard InChI is InChI=1S/C23H29NO4/c1-24(2)17-22(28-21(25)18-10-5-4-6-11-18)14-7-8-15-23(22,26)19-12-9-13-20(16-19)27-3/h4-6,9-13,16,26H,7-8,14-15,17H2,1-3H3. The molecule has 1 saturated carbocycles. The second-order valence-corrected chi connectivity index (χ2v) is 7.79. The van der Waals surface area contributed by atoms with Crippen LogP contribution >= 0.6 is 0 Å². The summed E-state index contributed by atoms with van der Waals surface area (Å²) < 4.78 is 11.5. The van der Waals surface area contributed by atoms with Crippen molar-refractivity contribution in [3.05, 3.63) is 65.7 Å². The van der Waals surface area contributed by atoms with E-state index in [0.717, 1.165) is 12.8 Å². The molecule has 1 fully saturated rings. The molecule has 1 aliphatic rings. The molecular formula is C23H29NO4. The average Bonchev–Trinajstić information content (AvgIpc) is 2.70. The Labute approximate surface area is 166 Å². The molecule has 2 aromatic rings. The third-order valence-electron chi connectivity index (χ3n) is 5.54. The van der Waals surface area contributed by atoms with E-state index in [1.165, 1.54) is 0 Å². The van der Waals surface area contributed by atoms with Crippen molar-refractivity contribution in [2.75, 3.05) is 27.7 Å². The normalized spacial score (nSPS) is 24.8. The van der Waals surface area contributed by atoms with Gasteiger partial charge < -0.3 is 19.5 Å². The molecule has 1 N–H and O–H groups in total. The van der Waals surface area contributed by atoms with Crippen LogP contribution in [-0.2, 0) is 10.3 Å². The quantitative estimate of drug-likeness (QED) is 0.772. The molecule has 0 aromatic heterocycles. The molecule has 2 unspecified atom stereocenters. The second kappa shape index (κ2) is 8.33. The number of methoxy groups -OCH3 is 1. The number of hydrogen-bond donors (Lipinski definition) is 1. The molecule has 0 bridgehead atoms. The Morgan fingerprint density at radius 1 is 1.07 bits per heavy atom. The van der Waals surface area contributed by atoms with Crippen LogP contribution in [0.25, 0.3) is 0 Å². The summed E-state index contributed by atoms with van der Waals surface area (Å²) >= 11 is 0. The number of carbonyl (C=O) groups excluding carboxylic acids is 1. The predicted molar refractivity (Wildman–Crippen MR) is 109 cm³/mol. The van der Waals surface area contributed by atoms with Gasteiger partial charge in [0.25, 0.3) is 0 Å². The zero-order valence-electron chi connectivity index (χ0n) is 16.9. The molecule has 0 amide bonds. The lowest BCUT2D eigenvalue weighted by atomic mass is 9.67. The van der Waals surface area contributed by atoms with Crippen LogP contribution in [0.4, 0.5) is 0 Å². The molecule has 28 heavy (non-hydrogen) atoms. The molecule has 5 nitrogen and oxygen atoms in total. The highest BCUT2D eigenvalue weighted by Crippen LogP contribution is 2.48. The third-order valence-corrected chi connectivity index (χ3v) is 5.54. The zero-order chi connectivity index (χ0) is 20.2. The zero-order valence-corrected chi connectivity index (χ0v) is 16.9. The molecule has 2 aromatic carbocycles. The van der Waals surface area contributed by atoms with Crippen molar-refractivity contribution >= 4 is 5.97 Å². The molecule has 150 valence electrons. The molecule has 1 aliphatic carbocycles. The van der Waals surface area contributed by atoms with E-state index in [9.17, 15) is 9.90 Å². The largest absolute Gasteiger partial charge is 0.497 e. The number of hydrogen-bond acceptors (Lipinski definition) is 5. The fraction of sp³-hybridized carbons (Fsp3) is 0.435. The smallest absolute Gasteiger partial charge is 0.338 e. The fourth-order valence-corrected chi connectivity index (χ4v) is 4.21. The van der Waals surface area contributed by atoms with Gasteiger partial charge in [0.05, 0.1) is 12.7 Å². The number of likely N-dealkylation sites (N-methyl/N-ethyl adjacent to an activating group) is 1. The van der Waals surface area contributed by atoms with Crippen LogP contribution in [0.3, 0.4) is 0 Å². The lowest BCUT2D eigenvalue weighted by Gasteiger charge is -2.50. The Bertz CT molecular complexity index is 807. The minimum absolute atomic E-state index is 0.411. The van der Waals surface area contributed by atoms with Crippen LogP contribution < -0.4 is 4.74 Å². The molecule has 0 spiro atoms. The molecule has 5 heteroatoms. The van der Waals surface area contributed by atoms with E-state index in [-0.39, 0.29) is 0 Å². The molecular weight excluding hydrogens is 354 g/mol. The molecule has 0 saturated heterocycles. The summed E-state index contributed by atoms with van der Waals surface area (Å²) in [5.74, 6) is 0.260. The van der Waals surface area contributed by atoms with Gasteiger partial charge in [0.2, 0.25) is 0 Å². The van der Waals surface area contributed by atoms with Gasteiger partial charge in [-0.25, -0.2) is 4.79 Å². The van der Waals surface area contributed by atoms with E-state index >= 15 is 0 Å². The molecule has 0 heterocycles. The van der Waals surface area contributed by atoms with Crippen molar-refractivity contribution in [1.29, 1.82) is 0 Å². The van der Waals surface area contributed by atoms with E-state index in [2.05, 4.69) is 0 Å². The van der Waals surface area contributed by atoms with Crippen LogP contribution in [0.2, 0.25) is 0 Å². The maximum atomic E-state index is 13.0. The van der Waals surface area contributed by atoms with Crippen LogP contribution in [-0.4, -0.2) is 49.3 Å². The Morgan fingerprint density at radius 3 is 2.46 bits per heavy atom. The Morgan fingerprint density at radius 2 is 1.79 bits per heavy atom. The minimum atomic E-state index is -1.30. The maximum absolute atomic E-state index is 13.0. The number of benzene rings is 2. The van der Waals surface area contributed by atoms with Gasteiger partial charge in [-0.2, -0.15) is 0 Å². The summed E-state index contributed by atoms with van der Waals surface area (Å²) in [6, 6.07) is 16.4. The van der Waals surface area contributed by atoms with E-state index in [1.807, 2.05) is 61.5 Å². The van der Waals surface area contributed by atoms with E-state index in [4.69, 9.17) is 9.47 Å². The van der Waals surface area contributed by atoms with Gasteiger partial charge >= 0.3 is 5.97 Å². The highest BCUT2D eigenvalue weighted by Gasteiger charge is 2.56. The second-order valence-electron chi connectivity index (χ2n) is 7.79. The summed E-state index contributed by atoms with van der Waals surface area (Å²) in [5.41, 5.74) is -1.14. The SMILES string of the molecule is COc1cccc(C2(O)CCCCC2(CN(C)C)OC(=O)c2ccccc2)c1. The third kappa shape index (κ3) is 3.91. The topological polar surface area (TPSA) is 59.0 Å². The van der Waals surface area contributed by atoms with Gasteiger partial charge in [-0.1, -0.05) is 30.3 Å². The van der Waals surface area contributed by atoms with E-state index in [1.54, 1.807) is 19.2 Å². The Hall–Kier alpha value is -2.37. The number of aliphatic hydroxyl groups is 1. The first-order chi connectivity index (χ1) is 13.4. The highest BCUT2D eigenvalue weighted by atomic mass is 16.6. The number of rotatable bonds is 6. The summed E-state index contributed by atoms with van der Waals surface area (Å²) in [6.45, 7) is 0.430. The van der Waals surface area contributed by atoms with Crippen molar-refractivity contribution in [3.63, 3.8) is 0 Å². The van der Waals surface area contributed by atoms with Crippen LogP contribution in [0.15, 0.2) is 54.6 Å². The highest BCUT2D eigenvalue weighted by molar-refractivity contribution is 5.89. The lowest BCUT2D eigenvalue weighted by Crippen LogP contribution is -2.61. The van der Waals surface area contributed by atoms with Crippen molar-refractivity contribution in [1.82, 2.24) is 4.90 Å². The van der Waals surface area contributed by atoms with Crippen LogP contribution in [0.5, 0.6) is 5.75 Å². The predicted octanol–water partition coefficient (Wildman–Crippen LogP) is 3.61. The first-order valence-electron chi connectivity index (χ1n) is 9.70. The van der Waals surface area contributed by atoms with Crippen molar-refractivity contribution in [3.8, 4) is 5.75 Å². The van der Waals surface area contributed by atoms with Gasteiger partial charge in [-0.3, -0.25) is 0 Å². The van der Waals surface area contributed by atoms with Gasteiger partial charge in [0.15, 0.2) is 5.60 Å². The number of carbonyl (C=O) groups is 1. The van der Waals surface area contributed by atoms with Gasteiger partial charge in [-0.05, 0) is 69.6 Å². The fourth-order valence-electron chi connectivity index (χ4n) is 4.21. The minimum Gasteiger partial charge on any atom is -0.497 e. The molecule has 0 aliphatic heterocycles. The van der Waals surface area contributed by atoms with Crippen molar-refractivity contribution in [2.45, 2.75) is 36.9 Å². The summed E-state index contributed by atoms with van der Waals surface area (Å²) in [7, 11) is 5.46. The Kier molecular flexibility index (Phi) is 6.06. The van der Waals surface area contributed by atoms with Crippen LogP contribution in [0.1, 0.15) is 41.6 Å². The number of ether oxygens (including phenoxy) is 2. The van der Waals surface area contributed by atoms with E-state index < -0.39 is 17.2 Å². The average molecular weight is 383 g/mol. The number of nitrogens with zero attached hydrogens (tertiary/aromatic N) is 1. The molecule has 2 atom stereocenters. The molecule has 0 radical (unpaired) electrons. The summed E-state index contributed by atoms with van der Waals surface area (Å²) in [5, 5.41) is 12.0. The van der Waals surface area contributed by atoms with E-state index in [0.29, 0.717) is 36.3 Å². The number of esters is 1. The first-order valence-corrected chi connectivity index (χ1v) is 9.70. The Balaban J connectivity index is 2.05. The first kappa shape index (κ1) is 20.4. The van der Waals surface area contributed by atoms with Crippen molar-refractivity contribution in [2.24, 2.45) is 0 Å². The van der Waals surface area contributed by atoms with Crippen molar-refractivity contribution < 1.29 is 19.4 Å². The maximum Gasteiger partial charge on any atom is 0.338 e.